The molecule has 1 rings (SSSR count). The van der Waals surface area contributed by atoms with Gasteiger partial charge in [-0.25, -0.2) is 0 Å². The smallest absolute Gasteiger partial charge is 0.315 e. The summed E-state index contributed by atoms with van der Waals surface area (Å²) in [6.07, 6.45) is 1.10. The standard InChI is InChI=1S/C6H8ClNO5/c7-4-12-5(9)6(1-2-6)3-13-8(10)11/h1-4H2. The van der Waals surface area contributed by atoms with Crippen LogP contribution in [0.2, 0.25) is 0 Å². The van der Waals surface area contributed by atoms with Crippen molar-refractivity contribution in [2.75, 3.05) is 12.7 Å². The Morgan fingerprint density at radius 2 is 2.23 bits per heavy atom. The van der Waals surface area contributed by atoms with E-state index in [-0.39, 0.29) is 12.7 Å². The number of ether oxygens (including phenoxy) is 1. The lowest BCUT2D eigenvalue weighted by molar-refractivity contribution is -0.759. The van der Waals surface area contributed by atoms with Crippen molar-refractivity contribution in [2.45, 2.75) is 12.8 Å². The normalized spacial score (nSPS) is 17.6. The number of rotatable bonds is 5. The van der Waals surface area contributed by atoms with Crippen molar-refractivity contribution in [2.24, 2.45) is 5.41 Å². The molecule has 1 aliphatic carbocycles. The molecule has 1 fully saturated rings. The summed E-state index contributed by atoms with van der Waals surface area (Å²) in [5.74, 6) is -0.524. The molecule has 1 aliphatic rings. The van der Waals surface area contributed by atoms with Gasteiger partial charge in [0.15, 0.2) is 6.07 Å². The van der Waals surface area contributed by atoms with Gasteiger partial charge in [0.1, 0.15) is 6.61 Å². The lowest BCUT2D eigenvalue weighted by Gasteiger charge is -2.10. The summed E-state index contributed by atoms with van der Waals surface area (Å²) in [7, 11) is 0. The van der Waals surface area contributed by atoms with Gasteiger partial charge >= 0.3 is 5.97 Å². The molecule has 0 atom stereocenters. The average Bonchev–Trinajstić information content (AvgIpc) is 2.82. The molecule has 0 aliphatic heterocycles. The highest BCUT2D eigenvalue weighted by Gasteiger charge is 2.52. The molecule has 0 radical (unpaired) electrons. The number of carbonyl (C=O) groups excluding carboxylic acids is 1. The van der Waals surface area contributed by atoms with Crippen molar-refractivity contribution in [1.82, 2.24) is 0 Å². The molecule has 13 heavy (non-hydrogen) atoms. The van der Waals surface area contributed by atoms with Crippen LogP contribution in [-0.4, -0.2) is 23.7 Å². The highest BCUT2D eigenvalue weighted by molar-refractivity contribution is 6.17. The maximum Gasteiger partial charge on any atom is 0.315 e. The van der Waals surface area contributed by atoms with Gasteiger partial charge in [0.25, 0.3) is 5.09 Å². The summed E-state index contributed by atoms with van der Waals surface area (Å²) in [4.78, 5) is 25.1. The molecule has 0 heterocycles. The van der Waals surface area contributed by atoms with Crippen LogP contribution >= 0.6 is 11.6 Å². The Hall–Kier alpha value is -1.04. The van der Waals surface area contributed by atoms with Gasteiger partial charge in [0.05, 0.1) is 5.41 Å². The Morgan fingerprint density at radius 1 is 1.62 bits per heavy atom. The molecule has 0 aromatic carbocycles. The molecule has 0 aromatic heterocycles. The van der Waals surface area contributed by atoms with E-state index in [1.54, 1.807) is 0 Å². The van der Waals surface area contributed by atoms with E-state index in [0.29, 0.717) is 12.8 Å². The maximum absolute atomic E-state index is 11.1. The van der Waals surface area contributed by atoms with Gasteiger partial charge in [-0.05, 0) is 12.8 Å². The van der Waals surface area contributed by atoms with Crippen molar-refractivity contribution < 1.29 is 19.5 Å². The summed E-state index contributed by atoms with van der Waals surface area (Å²) >= 11 is 5.18. The molecule has 7 heteroatoms. The first-order valence-electron chi connectivity index (χ1n) is 3.61. The van der Waals surface area contributed by atoms with Crippen molar-refractivity contribution in [1.29, 1.82) is 0 Å². The van der Waals surface area contributed by atoms with E-state index >= 15 is 0 Å². The van der Waals surface area contributed by atoms with Gasteiger partial charge in [-0.15, -0.1) is 10.1 Å². The van der Waals surface area contributed by atoms with Gasteiger partial charge in [-0.3, -0.25) is 4.79 Å². The van der Waals surface area contributed by atoms with Gasteiger partial charge in [0, 0.05) is 0 Å². The number of carbonyl (C=O) groups is 1. The van der Waals surface area contributed by atoms with Crippen molar-refractivity contribution in [3.8, 4) is 0 Å². The third kappa shape index (κ3) is 2.45. The van der Waals surface area contributed by atoms with Crippen LogP contribution in [0, 0.1) is 15.5 Å². The second-order valence-corrected chi connectivity index (χ2v) is 3.04. The zero-order valence-electron chi connectivity index (χ0n) is 6.69. The Kier molecular flexibility index (Phi) is 2.92. The predicted octanol–water partition coefficient (Wildman–Crippen LogP) is 0.714. The predicted molar refractivity (Wildman–Crippen MR) is 41.4 cm³/mol. The summed E-state index contributed by atoms with van der Waals surface area (Å²) in [5.41, 5.74) is -0.817. The number of nitrogens with zero attached hydrogens (tertiary/aromatic N) is 1. The Balaban J connectivity index is 2.38. The lowest BCUT2D eigenvalue weighted by atomic mass is 10.1. The molecule has 0 unspecified atom stereocenters. The minimum atomic E-state index is -0.923. The first kappa shape index (κ1) is 10.0. The monoisotopic (exact) mass is 209 g/mol. The van der Waals surface area contributed by atoms with Crippen LogP contribution in [0.15, 0.2) is 0 Å². The minimum Gasteiger partial charge on any atom is -0.449 e. The van der Waals surface area contributed by atoms with E-state index < -0.39 is 16.5 Å². The molecule has 0 saturated heterocycles. The second-order valence-electron chi connectivity index (χ2n) is 2.82. The first-order chi connectivity index (χ1) is 6.10. The quantitative estimate of drug-likeness (QED) is 0.288. The Labute approximate surface area is 78.9 Å². The highest BCUT2D eigenvalue weighted by Crippen LogP contribution is 2.47. The van der Waals surface area contributed by atoms with Crippen LogP contribution in [0.5, 0.6) is 0 Å². The fourth-order valence-electron chi connectivity index (χ4n) is 0.937. The molecule has 6 nitrogen and oxygen atoms in total. The fourth-order valence-corrected chi connectivity index (χ4v) is 1.04. The highest BCUT2D eigenvalue weighted by atomic mass is 35.5. The fraction of sp³-hybridized carbons (Fsp3) is 0.833. The number of hydrogen-bond acceptors (Lipinski definition) is 5. The molecule has 0 spiro atoms. The van der Waals surface area contributed by atoms with Crippen LogP contribution in [0.4, 0.5) is 0 Å². The average molecular weight is 210 g/mol. The van der Waals surface area contributed by atoms with Crippen LogP contribution < -0.4 is 0 Å². The molecular formula is C6H8ClNO5. The zero-order valence-corrected chi connectivity index (χ0v) is 7.45. The van der Waals surface area contributed by atoms with Gasteiger partial charge in [-0.2, -0.15) is 0 Å². The molecule has 0 N–H and O–H groups in total. The van der Waals surface area contributed by atoms with E-state index in [4.69, 9.17) is 11.6 Å². The second kappa shape index (κ2) is 3.78. The third-order valence-electron chi connectivity index (χ3n) is 1.92. The molecule has 0 bridgehead atoms. The Bertz CT molecular complexity index is 227. The lowest BCUT2D eigenvalue weighted by Crippen LogP contribution is -2.25. The molecule has 74 valence electrons. The molecule has 1 saturated carbocycles. The summed E-state index contributed by atoms with van der Waals surface area (Å²) < 4.78 is 4.53. The van der Waals surface area contributed by atoms with Crippen LogP contribution in [-0.2, 0) is 14.4 Å². The Morgan fingerprint density at radius 3 is 2.62 bits per heavy atom. The summed E-state index contributed by atoms with van der Waals surface area (Å²) in [6.45, 7) is -0.240. The molecule has 0 aromatic rings. The minimum absolute atomic E-state index is 0.237. The summed E-state index contributed by atoms with van der Waals surface area (Å²) in [6, 6.07) is -0.237. The van der Waals surface area contributed by atoms with E-state index in [2.05, 4.69) is 9.57 Å². The van der Waals surface area contributed by atoms with Crippen LogP contribution in [0.25, 0.3) is 0 Å². The van der Waals surface area contributed by atoms with Crippen LogP contribution in [0.1, 0.15) is 12.8 Å². The summed E-state index contributed by atoms with van der Waals surface area (Å²) in [5, 5.41) is 8.94. The molecule has 0 amide bonds. The number of esters is 1. The van der Waals surface area contributed by atoms with Gasteiger partial charge < -0.3 is 9.57 Å². The van der Waals surface area contributed by atoms with Crippen molar-refractivity contribution >= 4 is 17.6 Å². The number of hydrogen-bond donors (Lipinski definition) is 0. The first-order valence-corrected chi connectivity index (χ1v) is 4.15. The van der Waals surface area contributed by atoms with Crippen molar-refractivity contribution in [3.05, 3.63) is 10.1 Å². The topological polar surface area (TPSA) is 78.7 Å². The van der Waals surface area contributed by atoms with E-state index in [1.165, 1.54) is 0 Å². The van der Waals surface area contributed by atoms with Gasteiger partial charge in [0.2, 0.25) is 0 Å². The largest absolute Gasteiger partial charge is 0.449 e. The van der Waals surface area contributed by atoms with E-state index in [9.17, 15) is 14.9 Å². The van der Waals surface area contributed by atoms with Gasteiger partial charge in [-0.1, -0.05) is 11.6 Å². The zero-order chi connectivity index (χ0) is 9.90. The molecular weight excluding hydrogens is 202 g/mol. The SMILES string of the molecule is O=C(OCCl)C1(CO[N+](=O)[O-])CC1. The van der Waals surface area contributed by atoms with E-state index in [0.717, 1.165) is 0 Å². The maximum atomic E-state index is 11.1. The van der Waals surface area contributed by atoms with Crippen LogP contribution in [0.3, 0.4) is 0 Å². The van der Waals surface area contributed by atoms with E-state index in [1.807, 2.05) is 0 Å². The third-order valence-corrected chi connectivity index (χ3v) is 2.03. The number of halogens is 1. The van der Waals surface area contributed by atoms with Crippen molar-refractivity contribution in [3.63, 3.8) is 0 Å². The number of alkyl halides is 1.